The number of hydrogen-bond acceptors (Lipinski definition) is 11. The SMILES string of the molecule is CCOC(=O)COc1ccc(/C=N\N[C@H](O)COc2ccc([C@H]3NC(=O)NC(C)=C3C(=O)OC)cc2OCC)cc1I. The van der Waals surface area contributed by atoms with Crippen LogP contribution in [0.25, 0.3) is 0 Å². The Morgan fingerprint density at radius 2 is 1.86 bits per heavy atom. The lowest BCUT2D eigenvalue weighted by molar-refractivity contribution is -0.145. The number of nitrogens with zero attached hydrogens (tertiary/aromatic N) is 1. The Bertz CT molecular complexity index is 1350. The van der Waals surface area contributed by atoms with Gasteiger partial charge in [0.25, 0.3) is 0 Å². The van der Waals surface area contributed by atoms with Gasteiger partial charge in [-0.1, -0.05) is 6.07 Å². The molecule has 4 N–H and O–H groups in total. The predicted molar refractivity (Wildman–Crippen MR) is 160 cm³/mol. The number of esters is 2. The first kappa shape index (κ1) is 32.5. The standard InChI is InChI=1S/C28H33IN4O9/c1-5-39-22-12-18(26-25(27(36)38-4)16(3)31-28(37)32-26)8-10-21(22)41-14-23(34)33-30-13-17-7-9-20(19(29)11-17)42-15-24(35)40-6-2/h7-13,23,26,33-34H,5-6,14-15H2,1-4H3,(H2,31,32,37)/b30-13-/t23-,26-/m1/s1. The minimum Gasteiger partial charge on any atom is -0.490 e. The molecule has 2 atom stereocenters. The molecule has 0 saturated carbocycles. The summed E-state index contributed by atoms with van der Waals surface area (Å²) in [7, 11) is 1.27. The third kappa shape index (κ3) is 8.97. The van der Waals surface area contributed by atoms with E-state index in [1.54, 1.807) is 57.2 Å². The van der Waals surface area contributed by atoms with Gasteiger partial charge in [-0.2, -0.15) is 5.10 Å². The highest BCUT2D eigenvalue weighted by Gasteiger charge is 2.32. The fourth-order valence-electron chi connectivity index (χ4n) is 3.87. The van der Waals surface area contributed by atoms with Crippen molar-refractivity contribution < 1.29 is 43.2 Å². The molecule has 14 heteroatoms. The van der Waals surface area contributed by atoms with Crippen LogP contribution >= 0.6 is 22.6 Å². The first-order valence-electron chi connectivity index (χ1n) is 13.0. The van der Waals surface area contributed by atoms with E-state index in [0.717, 1.165) is 9.13 Å². The number of aliphatic hydroxyl groups is 1. The number of amides is 2. The predicted octanol–water partition coefficient (Wildman–Crippen LogP) is 2.75. The number of benzene rings is 2. The highest BCUT2D eigenvalue weighted by molar-refractivity contribution is 14.1. The van der Waals surface area contributed by atoms with E-state index >= 15 is 0 Å². The van der Waals surface area contributed by atoms with Crippen LogP contribution in [0.15, 0.2) is 52.8 Å². The number of aliphatic hydroxyl groups excluding tert-OH is 1. The van der Waals surface area contributed by atoms with Crippen molar-refractivity contribution in [1.29, 1.82) is 0 Å². The first-order valence-corrected chi connectivity index (χ1v) is 14.0. The van der Waals surface area contributed by atoms with Crippen LogP contribution in [0.4, 0.5) is 4.79 Å². The fraction of sp³-hybridized carbons (Fsp3) is 0.357. The first-order chi connectivity index (χ1) is 20.2. The maximum Gasteiger partial charge on any atom is 0.344 e. The monoisotopic (exact) mass is 696 g/mol. The van der Waals surface area contributed by atoms with Crippen molar-refractivity contribution in [3.8, 4) is 17.2 Å². The quantitative estimate of drug-likeness (QED) is 0.0759. The van der Waals surface area contributed by atoms with Gasteiger partial charge in [0.05, 0.1) is 41.7 Å². The molecule has 0 unspecified atom stereocenters. The summed E-state index contributed by atoms with van der Waals surface area (Å²) in [5, 5.41) is 19.7. The van der Waals surface area contributed by atoms with E-state index < -0.39 is 30.2 Å². The number of ether oxygens (including phenoxy) is 5. The maximum absolute atomic E-state index is 12.4. The van der Waals surface area contributed by atoms with Crippen molar-refractivity contribution in [3.05, 3.63) is 62.4 Å². The van der Waals surface area contributed by atoms with Crippen molar-refractivity contribution >= 4 is 46.8 Å². The molecule has 0 bridgehead atoms. The van der Waals surface area contributed by atoms with Crippen LogP contribution in [0.3, 0.4) is 0 Å². The van der Waals surface area contributed by atoms with Crippen LogP contribution in [0.2, 0.25) is 0 Å². The lowest BCUT2D eigenvalue weighted by Crippen LogP contribution is -2.45. The van der Waals surface area contributed by atoms with Crippen molar-refractivity contribution in [2.24, 2.45) is 5.10 Å². The molecule has 226 valence electrons. The highest BCUT2D eigenvalue weighted by Crippen LogP contribution is 2.35. The molecule has 0 aliphatic carbocycles. The fourth-order valence-corrected chi connectivity index (χ4v) is 4.57. The lowest BCUT2D eigenvalue weighted by atomic mass is 9.95. The molecule has 0 fully saturated rings. The minimum absolute atomic E-state index is 0.161. The number of urea groups is 1. The zero-order valence-electron chi connectivity index (χ0n) is 23.6. The molecule has 42 heavy (non-hydrogen) atoms. The summed E-state index contributed by atoms with van der Waals surface area (Å²) in [5.41, 5.74) is 4.55. The highest BCUT2D eigenvalue weighted by atomic mass is 127. The van der Waals surface area contributed by atoms with Gasteiger partial charge in [0, 0.05) is 5.70 Å². The van der Waals surface area contributed by atoms with E-state index in [1.165, 1.54) is 13.3 Å². The molecule has 2 aromatic rings. The molecule has 0 radical (unpaired) electrons. The number of hydrogen-bond donors (Lipinski definition) is 4. The topological polar surface area (TPSA) is 166 Å². The third-order valence-corrected chi connectivity index (χ3v) is 6.56. The summed E-state index contributed by atoms with van der Waals surface area (Å²) >= 11 is 2.08. The summed E-state index contributed by atoms with van der Waals surface area (Å²) in [6.45, 7) is 5.42. The van der Waals surface area contributed by atoms with E-state index in [0.29, 0.717) is 35.1 Å². The Morgan fingerprint density at radius 1 is 1.10 bits per heavy atom. The summed E-state index contributed by atoms with van der Waals surface area (Å²) in [6.07, 6.45) is 0.365. The molecule has 1 aliphatic heterocycles. The van der Waals surface area contributed by atoms with Gasteiger partial charge in [0.2, 0.25) is 0 Å². The molecule has 0 saturated heterocycles. The average Bonchev–Trinajstić information content (AvgIpc) is 2.95. The molecule has 1 heterocycles. The Hall–Kier alpha value is -4.05. The van der Waals surface area contributed by atoms with E-state index in [-0.39, 0.29) is 25.4 Å². The molecule has 0 spiro atoms. The van der Waals surface area contributed by atoms with Crippen LogP contribution < -0.4 is 30.3 Å². The van der Waals surface area contributed by atoms with Crippen LogP contribution in [0, 0.1) is 3.57 Å². The van der Waals surface area contributed by atoms with Crippen LogP contribution in [0.1, 0.15) is 37.9 Å². The van der Waals surface area contributed by atoms with Crippen molar-refractivity contribution in [2.75, 3.05) is 33.5 Å². The van der Waals surface area contributed by atoms with Crippen LogP contribution in [0.5, 0.6) is 17.2 Å². The molecule has 13 nitrogen and oxygen atoms in total. The average molecular weight is 696 g/mol. The summed E-state index contributed by atoms with van der Waals surface area (Å²) in [4.78, 5) is 36.0. The Morgan fingerprint density at radius 3 is 2.55 bits per heavy atom. The third-order valence-electron chi connectivity index (χ3n) is 5.72. The molecular formula is C28H33IN4O9. The Balaban J connectivity index is 1.61. The van der Waals surface area contributed by atoms with Crippen LogP contribution in [-0.4, -0.2) is 69.1 Å². The van der Waals surface area contributed by atoms with Crippen molar-refractivity contribution in [1.82, 2.24) is 16.1 Å². The molecule has 3 rings (SSSR count). The van der Waals surface area contributed by atoms with Crippen LogP contribution in [-0.2, 0) is 19.1 Å². The Labute approximate surface area is 256 Å². The zero-order chi connectivity index (χ0) is 30.6. The number of carbonyl (C=O) groups is 3. The van der Waals surface area contributed by atoms with Gasteiger partial charge in [-0.25, -0.2) is 14.4 Å². The second-order valence-electron chi connectivity index (χ2n) is 8.70. The number of halogens is 1. The van der Waals surface area contributed by atoms with Gasteiger partial charge in [0.15, 0.2) is 24.3 Å². The molecule has 2 aromatic carbocycles. The second kappa shape index (κ2) is 15.8. The van der Waals surface area contributed by atoms with Gasteiger partial charge in [-0.05, 0) is 84.8 Å². The smallest absolute Gasteiger partial charge is 0.344 e. The summed E-state index contributed by atoms with van der Waals surface area (Å²) < 4.78 is 27.5. The summed E-state index contributed by atoms with van der Waals surface area (Å²) in [6, 6.07) is 9.02. The summed E-state index contributed by atoms with van der Waals surface area (Å²) in [5.74, 6) is 0.220. The molecular weight excluding hydrogens is 663 g/mol. The van der Waals surface area contributed by atoms with Gasteiger partial charge in [-0.3, -0.25) is 5.43 Å². The lowest BCUT2D eigenvalue weighted by Gasteiger charge is -2.28. The number of carbonyl (C=O) groups excluding carboxylic acids is 3. The number of hydrazone groups is 1. The van der Waals surface area contributed by atoms with Crippen molar-refractivity contribution in [2.45, 2.75) is 33.0 Å². The number of rotatable bonds is 14. The van der Waals surface area contributed by atoms with E-state index in [2.05, 4.69) is 43.8 Å². The Kier molecular flexibility index (Phi) is 12.2. The van der Waals surface area contributed by atoms with E-state index in [9.17, 15) is 19.5 Å². The van der Waals surface area contributed by atoms with E-state index in [1.807, 2.05) is 0 Å². The van der Waals surface area contributed by atoms with Gasteiger partial charge < -0.3 is 39.4 Å². The number of allylic oxidation sites excluding steroid dienone is 1. The molecule has 0 aromatic heterocycles. The van der Waals surface area contributed by atoms with Crippen molar-refractivity contribution in [3.63, 3.8) is 0 Å². The number of nitrogens with one attached hydrogen (secondary N) is 3. The van der Waals surface area contributed by atoms with Gasteiger partial charge in [-0.15, -0.1) is 0 Å². The van der Waals surface area contributed by atoms with E-state index in [4.69, 9.17) is 23.7 Å². The van der Waals surface area contributed by atoms with Gasteiger partial charge in [0.1, 0.15) is 12.4 Å². The number of methoxy groups -OCH3 is 1. The maximum atomic E-state index is 12.4. The minimum atomic E-state index is -1.15. The zero-order valence-corrected chi connectivity index (χ0v) is 25.7. The van der Waals surface area contributed by atoms with Gasteiger partial charge >= 0.3 is 18.0 Å². The molecule has 2 amide bonds. The normalized spacial score (nSPS) is 15.4. The molecule has 1 aliphatic rings. The second-order valence-corrected chi connectivity index (χ2v) is 9.86. The largest absolute Gasteiger partial charge is 0.490 e.